The maximum atomic E-state index is 6.62. The fourth-order valence-electron chi connectivity index (χ4n) is 8.10. The molecule has 0 N–H and O–H groups in total. The number of nitrogens with zero attached hydrogens (tertiary/aromatic N) is 3. The van der Waals surface area contributed by atoms with Crippen LogP contribution in [0.15, 0.2) is 205 Å². The molecule has 0 aliphatic carbocycles. The van der Waals surface area contributed by atoms with Crippen molar-refractivity contribution >= 4 is 43.5 Å². The highest BCUT2D eigenvalue weighted by Crippen LogP contribution is 2.42. The van der Waals surface area contributed by atoms with Gasteiger partial charge in [0.25, 0.3) is 0 Å². The molecule has 11 aromatic rings. The van der Waals surface area contributed by atoms with Crippen molar-refractivity contribution in [2.24, 2.45) is 0 Å². The lowest BCUT2D eigenvalue weighted by molar-refractivity contribution is 0.673. The van der Waals surface area contributed by atoms with E-state index in [-0.39, 0.29) is 0 Å². The second kappa shape index (κ2) is 13.6. The summed E-state index contributed by atoms with van der Waals surface area (Å²) in [6.07, 6.45) is 0. The van der Waals surface area contributed by atoms with Crippen LogP contribution < -0.4 is 0 Å². The summed E-state index contributed by atoms with van der Waals surface area (Å²) in [6, 6.07) is 69.9. The zero-order valence-electron chi connectivity index (χ0n) is 30.8. The Morgan fingerprint density at radius 3 is 1.60 bits per heavy atom. The predicted octanol–water partition coefficient (Wildman–Crippen LogP) is 14.1. The van der Waals surface area contributed by atoms with Crippen molar-refractivity contribution in [3.05, 3.63) is 200 Å². The van der Waals surface area contributed by atoms with Crippen LogP contribution in [0.25, 0.3) is 111 Å². The third-order valence-corrected chi connectivity index (χ3v) is 10.9. The molecule has 0 bridgehead atoms. The Morgan fingerprint density at radius 1 is 0.281 bits per heavy atom. The lowest BCUT2D eigenvalue weighted by Gasteiger charge is -2.11. The lowest BCUT2D eigenvalue weighted by atomic mass is 9.93. The maximum absolute atomic E-state index is 6.62. The molecule has 0 unspecified atom stereocenters. The van der Waals surface area contributed by atoms with Crippen molar-refractivity contribution in [2.45, 2.75) is 0 Å². The molecule has 4 heteroatoms. The zero-order valence-corrected chi connectivity index (χ0v) is 30.8. The molecular formula is C53H33N3O. The highest BCUT2D eigenvalue weighted by molar-refractivity contribution is 6.19. The van der Waals surface area contributed by atoms with Gasteiger partial charge in [-0.3, -0.25) is 0 Å². The molecule has 0 saturated heterocycles. The topological polar surface area (TPSA) is 51.8 Å². The Morgan fingerprint density at radius 2 is 0.825 bits per heavy atom. The van der Waals surface area contributed by atoms with Crippen molar-refractivity contribution in [1.29, 1.82) is 0 Å². The quantitative estimate of drug-likeness (QED) is 0.171. The van der Waals surface area contributed by atoms with E-state index in [4.69, 9.17) is 19.4 Å². The molecule has 9 aromatic carbocycles. The van der Waals surface area contributed by atoms with E-state index in [2.05, 4.69) is 164 Å². The summed E-state index contributed by atoms with van der Waals surface area (Å²) in [4.78, 5) is 15.1. The molecule has 0 amide bonds. The summed E-state index contributed by atoms with van der Waals surface area (Å²) in [7, 11) is 0. The van der Waals surface area contributed by atoms with Gasteiger partial charge >= 0.3 is 0 Å². The molecule has 0 aliphatic heterocycles. The summed E-state index contributed by atoms with van der Waals surface area (Å²) in [6.45, 7) is 0. The van der Waals surface area contributed by atoms with Crippen LogP contribution >= 0.6 is 0 Å². The second-order valence-corrected chi connectivity index (χ2v) is 14.4. The molecule has 0 aliphatic rings. The van der Waals surface area contributed by atoms with Crippen molar-refractivity contribution < 1.29 is 4.42 Å². The van der Waals surface area contributed by atoms with Crippen LogP contribution in [0, 0.1) is 0 Å². The molecule has 4 nitrogen and oxygen atoms in total. The third kappa shape index (κ3) is 5.83. The largest absolute Gasteiger partial charge is 0.455 e. The van der Waals surface area contributed by atoms with Crippen molar-refractivity contribution in [1.82, 2.24) is 15.0 Å². The molecule has 0 radical (unpaired) electrons. The van der Waals surface area contributed by atoms with Crippen molar-refractivity contribution in [3.8, 4) is 67.5 Å². The molecule has 2 aromatic heterocycles. The molecule has 11 rings (SSSR count). The van der Waals surface area contributed by atoms with E-state index in [0.29, 0.717) is 17.5 Å². The maximum Gasteiger partial charge on any atom is 0.164 e. The normalized spacial score (nSPS) is 11.5. The van der Waals surface area contributed by atoms with Gasteiger partial charge in [0.15, 0.2) is 17.5 Å². The van der Waals surface area contributed by atoms with E-state index in [0.717, 1.165) is 71.7 Å². The number of hydrogen-bond acceptors (Lipinski definition) is 4. The fraction of sp³-hybridized carbons (Fsp3) is 0. The molecule has 0 saturated carbocycles. The number of rotatable bonds is 6. The highest BCUT2D eigenvalue weighted by atomic mass is 16.3. The summed E-state index contributed by atoms with van der Waals surface area (Å²) >= 11 is 0. The average molecular weight is 728 g/mol. The van der Waals surface area contributed by atoms with Crippen LogP contribution in [0.5, 0.6) is 0 Å². The summed E-state index contributed by atoms with van der Waals surface area (Å²) in [5.74, 6) is 1.89. The SMILES string of the molecule is c1ccc(-c2cccc(-c3nc(-c4ccccc4)nc(-c4ccc(-c5cc6c7cc(-c8cccc9ccccc89)ccc7oc6c6ccccc56)cc4)n3)c2)cc1. The Labute approximate surface area is 329 Å². The monoisotopic (exact) mass is 727 g/mol. The minimum atomic E-state index is 0.623. The molecular weight excluding hydrogens is 695 g/mol. The number of aromatic nitrogens is 3. The molecule has 266 valence electrons. The summed E-state index contributed by atoms with van der Waals surface area (Å²) < 4.78 is 6.62. The molecule has 57 heavy (non-hydrogen) atoms. The van der Waals surface area contributed by atoms with Crippen molar-refractivity contribution in [3.63, 3.8) is 0 Å². The van der Waals surface area contributed by atoms with Crippen LogP contribution in [0.3, 0.4) is 0 Å². The first-order chi connectivity index (χ1) is 28.2. The van der Waals surface area contributed by atoms with Gasteiger partial charge in [0, 0.05) is 32.8 Å². The number of hydrogen-bond donors (Lipinski definition) is 0. The van der Waals surface area contributed by atoms with Gasteiger partial charge in [0.05, 0.1) is 0 Å². The Hall–Kier alpha value is -7.69. The third-order valence-electron chi connectivity index (χ3n) is 10.9. The fourth-order valence-corrected chi connectivity index (χ4v) is 8.10. The number of fused-ring (bicyclic) bond motifs is 6. The van der Waals surface area contributed by atoms with E-state index < -0.39 is 0 Å². The summed E-state index contributed by atoms with van der Waals surface area (Å²) in [5.41, 5.74) is 11.4. The second-order valence-electron chi connectivity index (χ2n) is 14.4. The summed E-state index contributed by atoms with van der Waals surface area (Å²) in [5, 5.41) is 6.88. The Kier molecular flexibility index (Phi) is 7.78. The number of benzene rings is 9. The van der Waals surface area contributed by atoms with Crippen molar-refractivity contribution in [2.75, 3.05) is 0 Å². The van der Waals surface area contributed by atoms with E-state index in [1.165, 1.54) is 21.9 Å². The van der Waals surface area contributed by atoms with Gasteiger partial charge < -0.3 is 4.42 Å². The average Bonchev–Trinajstić information content (AvgIpc) is 3.67. The van der Waals surface area contributed by atoms with Gasteiger partial charge in [-0.25, -0.2) is 15.0 Å². The van der Waals surface area contributed by atoms with E-state index >= 15 is 0 Å². The van der Waals surface area contributed by atoms with Gasteiger partial charge in [-0.15, -0.1) is 0 Å². The molecule has 2 heterocycles. The van der Waals surface area contributed by atoms with Gasteiger partial charge in [-0.1, -0.05) is 176 Å². The molecule has 0 spiro atoms. The first-order valence-electron chi connectivity index (χ1n) is 19.2. The lowest BCUT2D eigenvalue weighted by Crippen LogP contribution is -2.00. The minimum absolute atomic E-state index is 0.623. The number of furan rings is 1. The smallest absolute Gasteiger partial charge is 0.164 e. The van der Waals surface area contributed by atoms with E-state index in [9.17, 15) is 0 Å². The van der Waals surface area contributed by atoms with Crippen LogP contribution in [0.4, 0.5) is 0 Å². The van der Waals surface area contributed by atoms with Gasteiger partial charge in [-0.05, 0) is 73.8 Å². The van der Waals surface area contributed by atoms with Gasteiger partial charge in [0.2, 0.25) is 0 Å². The zero-order chi connectivity index (χ0) is 37.7. The first-order valence-corrected chi connectivity index (χ1v) is 19.2. The van der Waals surface area contributed by atoms with Crippen LogP contribution in [0.1, 0.15) is 0 Å². The first kappa shape index (κ1) is 32.7. The van der Waals surface area contributed by atoms with Gasteiger partial charge in [-0.2, -0.15) is 0 Å². The standard InChI is InChI=1S/C53H33N3O/c1-3-13-34(14-4-1)39-19-11-20-41(31-39)53-55-51(37-16-5-2-6-17-37)54-52(56-53)38-27-25-36(26-28-38)46-33-48-47-32-40(43-24-12-18-35-15-7-8-21-42(35)43)29-30-49(47)57-50(48)45-23-10-9-22-44(45)46/h1-33H. The Balaban J connectivity index is 1.03. The predicted molar refractivity (Wildman–Crippen MR) is 235 cm³/mol. The van der Waals surface area contributed by atoms with E-state index in [1.807, 2.05) is 36.4 Å². The van der Waals surface area contributed by atoms with Gasteiger partial charge in [0.1, 0.15) is 11.2 Å². The van der Waals surface area contributed by atoms with Crippen LogP contribution in [-0.2, 0) is 0 Å². The molecule has 0 fully saturated rings. The van der Waals surface area contributed by atoms with Crippen LogP contribution in [0.2, 0.25) is 0 Å². The minimum Gasteiger partial charge on any atom is -0.455 e. The van der Waals surface area contributed by atoms with E-state index in [1.54, 1.807) is 0 Å². The highest BCUT2D eigenvalue weighted by Gasteiger charge is 2.18. The Bertz CT molecular complexity index is 3270. The van der Waals surface area contributed by atoms with Crippen LogP contribution in [-0.4, -0.2) is 15.0 Å². The molecule has 0 atom stereocenters.